The Morgan fingerprint density at radius 3 is 2.59 bits per heavy atom. The number of benzene rings is 3. The van der Waals surface area contributed by atoms with Crippen molar-refractivity contribution in [1.82, 2.24) is 4.98 Å². The van der Waals surface area contributed by atoms with Gasteiger partial charge in [-0.1, -0.05) is 12.1 Å². The van der Waals surface area contributed by atoms with Crippen LogP contribution in [0.4, 0.5) is 5.69 Å². The number of thiazole rings is 1. The van der Waals surface area contributed by atoms with E-state index in [2.05, 4.69) is 32.3 Å². The number of para-hydroxylation sites is 1. The predicted octanol–water partition coefficient (Wildman–Crippen LogP) is 5.99. The quantitative estimate of drug-likeness (QED) is 0.425. The van der Waals surface area contributed by atoms with Gasteiger partial charge in [0, 0.05) is 15.7 Å². The minimum atomic E-state index is -0.200. The third-order valence-corrected chi connectivity index (χ3v) is 5.88. The van der Waals surface area contributed by atoms with E-state index in [4.69, 9.17) is 4.74 Å². The van der Waals surface area contributed by atoms with Crippen LogP contribution in [-0.4, -0.2) is 18.0 Å². The van der Waals surface area contributed by atoms with Gasteiger partial charge in [0.25, 0.3) is 5.91 Å². The van der Waals surface area contributed by atoms with Gasteiger partial charge in [0.1, 0.15) is 10.8 Å². The second-order valence-corrected chi connectivity index (χ2v) is 7.75. The topological polar surface area (TPSA) is 51.2 Å². The van der Waals surface area contributed by atoms with E-state index in [1.165, 1.54) is 0 Å². The van der Waals surface area contributed by atoms with E-state index in [-0.39, 0.29) is 5.91 Å². The Morgan fingerprint density at radius 1 is 1.07 bits per heavy atom. The van der Waals surface area contributed by atoms with Gasteiger partial charge in [-0.25, -0.2) is 4.98 Å². The van der Waals surface area contributed by atoms with Crippen molar-refractivity contribution in [3.8, 4) is 16.3 Å². The molecule has 1 N–H and O–H groups in total. The SMILES string of the molecule is COc1ccc(Br)c(C(=O)Nc2ccc(-c3nc4ccccc4s3)cc2)c1. The molecule has 0 fully saturated rings. The number of anilines is 1. The lowest BCUT2D eigenvalue weighted by Crippen LogP contribution is -2.12. The normalized spacial score (nSPS) is 10.7. The average Bonchev–Trinajstić information content (AvgIpc) is 3.13. The monoisotopic (exact) mass is 438 g/mol. The van der Waals surface area contributed by atoms with E-state index < -0.39 is 0 Å². The van der Waals surface area contributed by atoms with Crippen molar-refractivity contribution in [1.29, 1.82) is 0 Å². The molecule has 0 aliphatic carbocycles. The molecule has 4 rings (SSSR count). The first-order chi connectivity index (χ1) is 13.1. The molecule has 4 nitrogen and oxygen atoms in total. The Hall–Kier alpha value is -2.70. The van der Waals surface area contributed by atoms with Crippen LogP contribution in [0.5, 0.6) is 5.75 Å². The summed E-state index contributed by atoms with van der Waals surface area (Å²) in [5.74, 6) is 0.433. The lowest BCUT2D eigenvalue weighted by atomic mass is 10.1. The fourth-order valence-corrected chi connectivity index (χ4v) is 4.09. The van der Waals surface area contributed by atoms with E-state index in [1.54, 1.807) is 36.6 Å². The Morgan fingerprint density at radius 2 is 1.85 bits per heavy atom. The van der Waals surface area contributed by atoms with E-state index >= 15 is 0 Å². The minimum absolute atomic E-state index is 0.200. The number of methoxy groups -OCH3 is 1. The number of ether oxygens (including phenoxy) is 1. The summed E-state index contributed by atoms with van der Waals surface area (Å²) in [4.78, 5) is 17.2. The zero-order chi connectivity index (χ0) is 18.8. The second kappa shape index (κ2) is 7.50. The molecule has 134 valence electrons. The highest BCUT2D eigenvalue weighted by Gasteiger charge is 2.12. The molecular weight excluding hydrogens is 424 g/mol. The number of halogens is 1. The molecule has 3 aromatic carbocycles. The first-order valence-corrected chi connectivity index (χ1v) is 9.86. The standard InChI is InChI=1S/C21H15BrN2O2S/c1-26-15-10-11-17(22)16(12-15)20(25)23-14-8-6-13(7-9-14)21-24-18-4-2-3-5-19(18)27-21/h2-12H,1H3,(H,23,25). The molecule has 1 amide bonds. The predicted molar refractivity (Wildman–Crippen MR) is 114 cm³/mol. The maximum atomic E-state index is 12.6. The van der Waals surface area contributed by atoms with E-state index in [1.807, 2.05) is 42.5 Å². The summed E-state index contributed by atoms with van der Waals surface area (Å²) in [7, 11) is 1.58. The molecule has 0 saturated heterocycles. The number of nitrogens with zero attached hydrogens (tertiary/aromatic N) is 1. The molecule has 0 aliphatic rings. The summed E-state index contributed by atoms with van der Waals surface area (Å²) in [5, 5.41) is 3.88. The highest BCUT2D eigenvalue weighted by molar-refractivity contribution is 9.10. The lowest BCUT2D eigenvalue weighted by Gasteiger charge is -2.09. The summed E-state index contributed by atoms with van der Waals surface area (Å²) >= 11 is 5.06. The number of hydrogen-bond donors (Lipinski definition) is 1. The van der Waals surface area contributed by atoms with E-state index in [9.17, 15) is 4.79 Å². The van der Waals surface area contributed by atoms with Crippen LogP contribution in [0.3, 0.4) is 0 Å². The molecular formula is C21H15BrN2O2S. The van der Waals surface area contributed by atoms with Crippen molar-refractivity contribution in [2.24, 2.45) is 0 Å². The Kier molecular flexibility index (Phi) is 4.92. The number of aromatic nitrogens is 1. The lowest BCUT2D eigenvalue weighted by molar-refractivity contribution is 0.102. The highest BCUT2D eigenvalue weighted by Crippen LogP contribution is 2.31. The van der Waals surface area contributed by atoms with Gasteiger partial charge in [-0.2, -0.15) is 0 Å². The molecule has 0 saturated carbocycles. The fraction of sp³-hybridized carbons (Fsp3) is 0.0476. The van der Waals surface area contributed by atoms with Crippen LogP contribution in [0.25, 0.3) is 20.8 Å². The molecule has 0 aliphatic heterocycles. The minimum Gasteiger partial charge on any atom is -0.497 e. The number of hydrogen-bond acceptors (Lipinski definition) is 4. The van der Waals surface area contributed by atoms with E-state index in [0.717, 1.165) is 26.5 Å². The van der Waals surface area contributed by atoms with Crippen molar-refractivity contribution < 1.29 is 9.53 Å². The van der Waals surface area contributed by atoms with Crippen molar-refractivity contribution >= 4 is 49.1 Å². The molecule has 4 aromatic rings. The van der Waals surface area contributed by atoms with Crippen LogP contribution >= 0.6 is 27.3 Å². The molecule has 0 bridgehead atoms. The van der Waals surface area contributed by atoms with Crippen molar-refractivity contribution in [2.75, 3.05) is 12.4 Å². The second-order valence-electron chi connectivity index (χ2n) is 5.86. The number of rotatable bonds is 4. The van der Waals surface area contributed by atoms with Crippen LogP contribution in [-0.2, 0) is 0 Å². The molecule has 6 heteroatoms. The Bertz CT molecular complexity index is 1090. The number of carbonyl (C=O) groups is 1. The van der Waals surface area contributed by atoms with Crippen molar-refractivity contribution in [3.63, 3.8) is 0 Å². The molecule has 1 heterocycles. The number of fused-ring (bicyclic) bond motifs is 1. The highest BCUT2D eigenvalue weighted by atomic mass is 79.9. The van der Waals surface area contributed by atoms with Gasteiger partial charge in [0.05, 0.1) is 22.9 Å². The van der Waals surface area contributed by atoms with Crippen LogP contribution in [0.15, 0.2) is 71.2 Å². The molecule has 0 unspecified atom stereocenters. The van der Waals surface area contributed by atoms with Gasteiger partial charge in [-0.15, -0.1) is 11.3 Å². The summed E-state index contributed by atoms with van der Waals surface area (Å²) < 4.78 is 7.07. The largest absolute Gasteiger partial charge is 0.497 e. The van der Waals surface area contributed by atoms with Crippen LogP contribution < -0.4 is 10.1 Å². The first kappa shape index (κ1) is 17.7. The fourth-order valence-electron chi connectivity index (χ4n) is 2.70. The average molecular weight is 439 g/mol. The first-order valence-electron chi connectivity index (χ1n) is 8.25. The molecule has 0 radical (unpaired) electrons. The van der Waals surface area contributed by atoms with Gasteiger partial charge < -0.3 is 10.1 Å². The summed E-state index contributed by atoms with van der Waals surface area (Å²) in [6.45, 7) is 0. The van der Waals surface area contributed by atoms with Gasteiger partial charge in [0.15, 0.2) is 0 Å². The number of nitrogens with one attached hydrogen (secondary N) is 1. The van der Waals surface area contributed by atoms with Gasteiger partial charge in [-0.3, -0.25) is 4.79 Å². The maximum absolute atomic E-state index is 12.6. The van der Waals surface area contributed by atoms with Gasteiger partial charge >= 0.3 is 0 Å². The third-order valence-electron chi connectivity index (χ3n) is 4.10. The Balaban J connectivity index is 1.55. The van der Waals surface area contributed by atoms with Gasteiger partial charge in [0.2, 0.25) is 0 Å². The zero-order valence-corrected chi connectivity index (χ0v) is 16.8. The van der Waals surface area contributed by atoms with Crippen LogP contribution in [0.1, 0.15) is 10.4 Å². The molecule has 1 aromatic heterocycles. The van der Waals surface area contributed by atoms with Crippen LogP contribution in [0, 0.1) is 0 Å². The maximum Gasteiger partial charge on any atom is 0.256 e. The summed E-state index contributed by atoms with van der Waals surface area (Å²) in [6, 6.07) is 21.1. The molecule has 0 atom stereocenters. The van der Waals surface area contributed by atoms with Crippen LogP contribution in [0.2, 0.25) is 0 Å². The summed E-state index contributed by atoms with van der Waals surface area (Å²) in [6.07, 6.45) is 0. The molecule has 27 heavy (non-hydrogen) atoms. The zero-order valence-electron chi connectivity index (χ0n) is 14.4. The molecule has 0 spiro atoms. The number of carbonyl (C=O) groups excluding carboxylic acids is 1. The van der Waals surface area contributed by atoms with Crippen molar-refractivity contribution in [3.05, 3.63) is 76.8 Å². The Labute approximate surface area is 169 Å². The van der Waals surface area contributed by atoms with Crippen molar-refractivity contribution in [2.45, 2.75) is 0 Å². The summed E-state index contributed by atoms with van der Waals surface area (Å²) in [5.41, 5.74) is 3.26. The third kappa shape index (κ3) is 3.72. The smallest absolute Gasteiger partial charge is 0.256 e. The number of amides is 1. The van der Waals surface area contributed by atoms with E-state index in [0.29, 0.717) is 15.8 Å². The van der Waals surface area contributed by atoms with Gasteiger partial charge in [-0.05, 0) is 70.5 Å².